The number of anilines is 1. The first-order valence-corrected chi connectivity index (χ1v) is 7.54. The maximum absolute atomic E-state index is 14.2. The lowest BCUT2D eigenvalue weighted by Crippen LogP contribution is -2.43. The molecule has 19 heavy (non-hydrogen) atoms. The summed E-state index contributed by atoms with van der Waals surface area (Å²) < 4.78 is 28.4. The van der Waals surface area contributed by atoms with Crippen LogP contribution in [-0.2, 0) is 5.88 Å². The Morgan fingerprint density at radius 2 is 1.79 bits per heavy atom. The number of rotatable bonds is 2. The van der Waals surface area contributed by atoms with Crippen LogP contribution in [0.3, 0.4) is 0 Å². The van der Waals surface area contributed by atoms with E-state index in [1.54, 1.807) is 0 Å². The smallest absolute Gasteiger partial charge is 0.149 e. The normalized spacial score (nSPS) is 26.6. The summed E-state index contributed by atoms with van der Waals surface area (Å²) in [5, 5.41) is 0. The fraction of sp³-hybridized carbons (Fsp3) is 0.600. The Labute approximate surface area is 117 Å². The molecule has 4 heteroatoms. The molecule has 1 aromatic rings. The maximum Gasteiger partial charge on any atom is 0.149 e. The van der Waals surface area contributed by atoms with E-state index in [-0.39, 0.29) is 11.6 Å². The fourth-order valence-electron chi connectivity index (χ4n) is 3.70. The molecule has 2 aliphatic rings. The molecule has 0 N–H and O–H groups in total. The maximum atomic E-state index is 14.2. The highest BCUT2D eigenvalue weighted by Gasteiger charge is 2.37. The van der Waals surface area contributed by atoms with Gasteiger partial charge in [-0.15, -0.1) is 11.6 Å². The summed E-state index contributed by atoms with van der Waals surface area (Å²) in [7, 11) is 0. The van der Waals surface area contributed by atoms with E-state index in [0.717, 1.165) is 19.4 Å². The Bertz CT molecular complexity index is 454. The average molecular weight is 286 g/mol. The third kappa shape index (κ3) is 2.33. The second-order valence-corrected chi connectivity index (χ2v) is 5.90. The van der Waals surface area contributed by atoms with Gasteiger partial charge in [0.05, 0.1) is 0 Å². The molecule has 1 saturated carbocycles. The molecule has 2 fully saturated rings. The Morgan fingerprint density at radius 3 is 2.47 bits per heavy atom. The molecule has 2 unspecified atom stereocenters. The van der Waals surface area contributed by atoms with E-state index < -0.39 is 11.6 Å². The first-order chi connectivity index (χ1) is 9.20. The molecular weight excluding hydrogens is 268 g/mol. The van der Waals surface area contributed by atoms with Gasteiger partial charge in [0.15, 0.2) is 0 Å². The van der Waals surface area contributed by atoms with Crippen LogP contribution in [0.4, 0.5) is 14.5 Å². The van der Waals surface area contributed by atoms with Gasteiger partial charge in [-0.3, -0.25) is 0 Å². The number of piperidine rings is 1. The van der Waals surface area contributed by atoms with Gasteiger partial charge in [0.2, 0.25) is 0 Å². The van der Waals surface area contributed by atoms with Gasteiger partial charge in [-0.1, -0.05) is 6.42 Å². The van der Waals surface area contributed by atoms with Crippen molar-refractivity contribution >= 4 is 17.3 Å². The van der Waals surface area contributed by atoms with E-state index in [9.17, 15) is 8.78 Å². The molecule has 0 aromatic heterocycles. The second kappa shape index (κ2) is 5.28. The van der Waals surface area contributed by atoms with E-state index >= 15 is 0 Å². The third-order valence-corrected chi connectivity index (χ3v) is 4.82. The molecule has 0 spiro atoms. The summed E-state index contributed by atoms with van der Waals surface area (Å²) in [6, 6.07) is 3.05. The lowest BCUT2D eigenvalue weighted by Gasteiger charge is -2.39. The van der Waals surface area contributed by atoms with Crippen LogP contribution in [0.25, 0.3) is 0 Å². The number of halogens is 3. The van der Waals surface area contributed by atoms with E-state index in [0.29, 0.717) is 17.5 Å². The zero-order valence-electron chi connectivity index (χ0n) is 10.8. The standard InChI is InChI=1S/C15H18ClF2N/c16-9-10-7-12(17)15(13(18)8-10)19-6-2-4-11-3-1-5-14(11)19/h7-8,11,14H,1-6,9H2. The van der Waals surface area contributed by atoms with Gasteiger partial charge >= 0.3 is 0 Å². The molecule has 1 heterocycles. The molecule has 0 radical (unpaired) electrons. The summed E-state index contributed by atoms with van der Waals surface area (Å²) in [6.45, 7) is 0.759. The van der Waals surface area contributed by atoms with Gasteiger partial charge in [-0.25, -0.2) is 8.78 Å². The number of alkyl halides is 1. The van der Waals surface area contributed by atoms with Crippen molar-refractivity contribution in [3.63, 3.8) is 0 Å². The molecule has 0 amide bonds. The molecule has 1 nitrogen and oxygen atoms in total. The van der Waals surface area contributed by atoms with Crippen molar-refractivity contribution in [1.82, 2.24) is 0 Å². The highest BCUT2D eigenvalue weighted by molar-refractivity contribution is 6.17. The minimum Gasteiger partial charge on any atom is -0.364 e. The van der Waals surface area contributed by atoms with Gasteiger partial charge in [0.1, 0.15) is 17.3 Å². The zero-order chi connectivity index (χ0) is 13.4. The van der Waals surface area contributed by atoms with Crippen molar-refractivity contribution in [3.05, 3.63) is 29.3 Å². The predicted octanol–water partition coefficient (Wildman–Crippen LogP) is 4.47. The van der Waals surface area contributed by atoms with Gasteiger partial charge in [0.25, 0.3) is 0 Å². The van der Waals surface area contributed by atoms with Crippen LogP contribution in [0.15, 0.2) is 12.1 Å². The molecule has 2 atom stereocenters. The summed E-state index contributed by atoms with van der Waals surface area (Å²) >= 11 is 5.65. The highest BCUT2D eigenvalue weighted by Crippen LogP contribution is 2.40. The average Bonchev–Trinajstić information content (AvgIpc) is 2.86. The van der Waals surface area contributed by atoms with Gasteiger partial charge in [-0.05, 0) is 49.3 Å². The Kier molecular flexibility index (Phi) is 3.66. The quantitative estimate of drug-likeness (QED) is 0.725. The molecule has 1 saturated heterocycles. The van der Waals surface area contributed by atoms with Gasteiger partial charge in [0, 0.05) is 18.5 Å². The second-order valence-electron chi connectivity index (χ2n) is 5.64. The molecule has 0 bridgehead atoms. The van der Waals surface area contributed by atoms with E-state index in [1.807, 2.05) is 4.90 Å². The van der Waals surface area contributed by atoms with Crippen molar-refractivity contribution in [2.75, 3.05) is 11.4 Å². The largest absolute Gasteiger partial charge is 0.364 e. The number of hydrogen-bond donors (Lipinski definition) is 0. The van der Waals surface area contributed by atoms with Crippen LogP contribution in [0.5, 0.6) is 0 Å². The first kappa shape index (κ1) is 13.2. The summed E-state index contributed by atoms with van der Waals surface area (Å²) in [5.74, 6) is -0.188. The number of fused-ring (bicyclic) bond motifs is 1. The van der Waals surface area contributed by atoms with Crippen LogP contribution in [0.2, 0.25) is 0 Å². The summed E-state index contributed by atoms with van der Waals surface area (Å²) in [6.07, 6.45) is 5.65. The van der Waals surface area contributed by atoms with E-state index in [2.05, 4.69) is 0 Å². The molecular formula is C15H18ClF2N. The van der Waals surface area contributed by atoms with Crippen molar-refractivity contribution in [2.24, 2.45) is 5.92 Å². The van der Waals surface area contributed by atoms with Crippen LogP contribution in [-0.4, -0.2) is 12.6 Å². The van der Waals surface area contributed by atoms with E-state index in [1.165, 1.54) is 31.4 Å². The van der Waals surface area contributed by atoms with Gasteiger partial charge < -0.3 is 4.90 Å². The lowest BCUT2D eigenvalue weighted by atomic mass is 9.91. The van der Waals surface area contributed by atoms with Crippen molar-refractivity contribution < 1.29 is 8.78 Å². The minimum atomic E-state index is -0.469. The Morgan fingerprint density at radius 1 is 1.11 bits per heavy atom. The number of benzene rings is 1. The predicted molar refractivity (Wildman–Crippen MR) is 73.6 cm³/mol. The highest BCUT2D eigenvalue weighted by atomic mass is 35.5. The summed E-state index contributed by atoms with van der Waals surface area (Å²) in [5.41, 5.74) is 0.658. The molecule has 104 valence electrons. The van der Waals surface area contributed by atoms with Crippen LogP contribution in [0, 0.1) is 17.6 Å². The SMILES string of the molecule is Fc1cc(CCl)cc(F)c1N1CCCC2CCCC21. The minimum absolute atomic E-state index is 0.139. The first-order valence-electron chi connectivity index (χ1n) is 7.01. The lowest BCUT2D eigenvalue weighted by molar-refractivity contribution is 0.356. The van der Waals surface area contributed by atoms with Crippen LogP contribution < -0.4 is 4.90 Å². The summed E-state index contributed by atoms with van der Waals surface area (Å²) in [4.78, 5) is 1.96. The molecule has 1 aromatic carbocycles. The zero-order valence-corrected chi connectivity index (χ0v) is 11.6. The van der Waals surface area contributed by atoms with Gasteiger partial charge in [-0.2, -0.15) is 0 Å². The Balaban J connectivity index is 1.97. The number of hydrogen-bond acceptors (Lipinski definition) is 1. The fourth-order valence-corrected chi connectivity index (χ4v) is 3.86. The molecule has 1 aliphatic heterocycles. The topological polar surface area (TPSA) is 3.24 Å². The van der Waals surface area contributed by atoms with E-state index in [4.69, 9.17) is 11.6 Å². The van der Waals surface area contributed by atoms with Crippen molar-refractivity contribution in [2.45, 2.75) is 44.0 Å². The molecule has 1 aliphatic carbocycles. The van der Waals surface area contributed by atoms with Crippen molar-refractivity contribution in [1.29, 1.82) is 0 Å². The molecule has 3 rings (SSSR count). The van der Waals surface area contributed by atoms with Crippen LogP contribution >= 0.6 is 11.6 Å². The monoisotopic (exact) mass is 285 g/mol. The third-order valence-electron chi connectivity index (χ3n) is 4.51. The van der Waals surface area contributed by atoms with Crippen LogP contribution in [0.1, 0.15) is 37.7 Å². The van der Waals surface area contributed by atoms with Crippen molar-refractivity contribution in [3.8, 4) is 0 Å². The Hall–Kier alpha value is -0.830. The number of nitrogens with zero attached hydrogens (tertiary/aromatic N) is 1.